The molecule has 0 saturated heterocycles. The van der Waals surface area contributed by atoms with Gasteiger partial charge in [-0.1, -0.05) is 31.9 Å². The molecule has 1 aromatic rings. The van der Waals surface area contributed by atoms with Gasteiger partial charge < -0.3 is 10.1 Å². The minimum absolute atomic E-state index is 0.0537. The maximum Gasteiger partial charge on any atom is 0.224 e. The molecule has 0 unspecified atom stereocenters. The lowest BCUT2D eigenvalue weighted by Crippen LogP contribution is -2.11. The Kier molecular flexibility index (Phi) is 5.40. The van der Waals surface area contributed by atoms with E-state index in [0.717, 1.165) is 24.9 Å². The van der Waals surface area contributed by atoms with Gasteiger partial charge in [0.05, 0.1) is 12.8 Å². The summed E-state index contributed by atoms with van der Waals surface area (Å²) in [6.45, 7) is 2.12. The van der Waals surface area contributed by atoms with Gasteiger partial charge in [0.25, 0.3) is 0 Å². The van der Waals surface area contributed by atoms with Crippen LogP contribution in [-0.2, 0) is 4.79 Å². The van der Waals surface area contributed by atoms with Gasteiger partial charge in [-0.05, 0) is 18.6 Å². The van der Waals surface area contributed by atoms with E-state index in [4.69, 9.17) is 4.74 Å². The molecule has 0 aliphatic carbocycles. The smallest absolute Gasteiger partial charge is 0.224 e. The summed E-state index contributed by atoms with van der Waals surface area (Å²) in [7, 11) is 1.60. The number of rotatable bonds is 6. The van der Waals surface area contributed by atoms with Gasteiger partial charge in [0.2, 0.25) is 5.91 Å². The summed E-state index contributed by atoms with van der Waals surface area (Å²) in [5, 5.41) is 2.86. The van der Waals surface area contributed by atoms with Gasteiger partial charge in [-0.2, -0.15) is 0 Å². The number of ether oxygens (including phenoxy) is 1. The molecule has 0 bridgehead atoms. The van der Waals surface area contributed by atoms with Crippen LogP contribution in [0.4, 0.5) is 5.69 Å². The van der Waals surface area contributed by atoms with Crippen molar-refractivity contribution in [3.8, 4) is 5.75 Å². The Hall–Kier alpha value is -1.51. The molecule has 0 fully saturated rings. The van der Waals surface area contributed by atoms with Crippen molar-refractivity contribution in [3.05, 3.63) is 24.3 Å². The van der Waals surface area contributed by atoms with Crippen LogP contribution in [-0.4, -0.2) is 13.0 Å². The quantitative estimate of drug-likeness (QED) is 0.749. The minimum atomic E-state index is 0.0537. The zero-order chi connectivity index (χ0) is 11.8. The number of hydrogen-bond donors (Lipinski definition) is 1. The number of unbranched alkanes of at least 4 members (excludes halogenated alkanes) is 2. The third-order valence-electron chi connectivity index (χ3n) is 2.39. The fraction of sp³-hybridized carbons (Fsp3) is 0.462. The molecule has 0 spiro atoms. The van der Waals surface area contributed by atoms with E-state index in [2.05, 4.69) is 12.2 Å². The lowest BCUT2D eigenvalue weighted by molar-refractivity contribution is -0.116. The summed E-state index contributed by atoms with van der Waals surface area (Å²) in [5.74, 6) is 0.754. The van der Waals surface area contributed by atoms with Crippen molar-refractivity contribution in [1.82, 2.24) is 0 Å². The van der Waals surface area contributed by atoms with E-state index in [1.54, 1.807) is 7.11 Å². The molecule has 3 nitrogen and oxygen atoms in total. The van der Waals surface area contributed by atoms with Crippen LogP contribution in [0.15, 0.2) is 24.3 Å². The topological polar surface area (TPSA) is 38.3 Å². The van der Waals surface area contributed by atoms with Gasteiger partial charge in [-0.3, -0.25) is 4.79 Å². The maximum absolute atomic E-state index is 11.6. The van der Waals surface area contributed by atoms with E-state index in [0.29, 0.717) is 12.2 Å². The van der Waals surface area contributed by atoms with Crippen LogP contribution in [0.2, 0.25) is 0 Å². The highest BCUT2D eigenvalue weighted by molar-refractivity contribution is 5.92. The van der Waals surface area contributed by atoms with E-state index in [1.807, 2.05) is 24.3 Å². The zero-order valence-corrected chi connectivity index (χ0v) is 9.95. The number of hydrogen-bond acceptors (Lipinski definition) is 2. The predicted molar refractivity (Wildman–Crippen MR) is 65.8 cm³/mol. The molecular formula is C13H19NO2. The highest BCUT2D eigenvalue weighted by Crippen LogP contribution is 2.23. The monoisotopic (exact) mass is 221 g/mol. The standard InChI is InChI=1S/C13H19NO2/c1-3-4-5-10-13(15)14-11-8-6-7-9-12(11)16-2/h6-9H,3-5,10H2,1-2H3,(H,14,15). The molecule has 0 atom stereocenters. The molecule has 1 N–H and O–H groups in total. The molecular weight excluding hydrogens is 202 g/mol. The Morgan fingerprint density at radius 3 is 2.75 bits per heavy atom. The Balaban J connectivity index is 2.49. The van der Waals surface area contributed by atoms with Crippen LogP contribution < -0.4 is 10.1 Å². The average molecular weight is 221 g/mol. The van der Waals surface area contributed by atoms with Crippen molar-refractivity contribution in [1.29, 1.82) is 0 Å². The average Bonchev–Trinajstić information content (AvgIpc) is 2.30. The molecule has 0 saturated carbocycles. The molecule has 1 amide bonds. The Morgan fingerprint density at radius 2 is 2.06 bits per heavy atom. The lowest BCUT2D eigenvalue weighted by Gasteiger charge is -2.09. The number of para-hydroxylation sites is 2. The number of methoxy groups -OCH3 is 1. The van der Waals surface area contributed by atoms with Crippen molar-refractivity contribution >= 4 is 11.6 Å². The third-order valence-corrected chi connectivity index (χ3v) is 2.39. The molecule has 1 aromatic carbocycles. The highest BCUT2D eigenvalue weighted by Gasteiger charge is 2.05. The predicted octanol–water partition coefficient (Wildman–Crippen LogP) is 3.21. The Bertz CT molecular complexity index is 336. The van der Waals surface area contributed by atoms with Gasteiger partial charge >= 0.3 is 0 Å². The molecule has 0 aliphatic heterocycles. The first-order chi connectivity index (χ1) is 7.77. The van der Waals surface area contributed by atoms with E-state index < -0.39 is 0 Å². The molecule has 3 heteroatoms. The van der Waals surface area contributed by atoms with Crippen molar-refractivity contribution in [2.45, 2.75) is 32.6 Å². The van der Waals surface area contributed by atoms with E-state index >= 15 is 0 Å². The number of carbonyl (C=O) groups is 1. The van der Waals surface area contributed by atoms with Crippen molar-refractivity contribution in [2.24, 2.45) is 0 Å². The highest BCUT2D eigenvalue weighted by atomic mass is 16.5. The van der Waals surface area contributed by atoms with Crippen LogP contribution in [0.3, 0.4) is 0 Å². The SMILES string of the molecule is CCCCCC(=O)Nc1ccccc1OC. The fourth-order valence-corrected chi connectivity index (χ4v) is 1.50. The third kappa shape index (κ3) is 3.93. The molecule has 0 heterocycles. The summed E-state index contributed by atoms with van der Waals surface area (Å²) in [5.41, 5.74) is 0.742. The van der Waals surface area contributed by atoms with E-state index in [-0.39, 0.29) is 5.91 Å². The van der Waals surface area contributed by atoms with Crippen molar-refractivity contribution < 1.29 is 9.53 Å². The second kappa shape index (κ2) is 6.88. The van der Waals surface area contributed by atoms with E-state index in [1.165, 1.54) is 0 Å². The number of amides is 1. The van der Waals surface area contributed by atoms with Crippen LogP contribution in [0, 0.1) is 0 Å². The van der Waals surface area contributed by atoms with Crippen molar-refractivity contribution in [2.75, 3.05) is 12.4 Å². The molecule has 88 valence electrons. The largest absolute Gasteiger partial charge is 0.495 e. The first kappa shape index (κ1) is 12.6. The second-order valence-corrected chi connectivity index (χ2v) is 3.71. The zero-order valence-electron chi connectivity index (χ0n) is 9.95. The van der Waals surface area contributed by atoms with Crippen LogP contribution in [0.1, 0.15) is 32.6 Å². The maximum atomic E-state index is 11.6. The van der Waals surface area contributed by atoms with Gasteiger partial charge in [0.15, 0.2) is 0 Å². The summed E-state index contributed by atoms with van der Waals surface area (Å²) in [4.78, 5) is 11.6. The van der Waals surface area contributed by atoms with E-state index in [9.17, 15) is 4.79 Å². The molecule has 0 radical (unpaired) electrons. The molecule has 16 heavy (non-hydrogen) atoms. The van der Waals surface area contributed by atoms with Crippen LogP contribution in [0.5, 0.6) is 5.75 Å². The first-order valence-corrected chi connectivity index (χ1v) is 5.70. The number of benzene rings is 1. The Morgan fingerprint density at radius 1 is 1.31 bits per heavy atom. The van der Waals surface area contributed by atoms with Gasteiger partial charge in [0.1, 0.15) is 5.75 Å². The number of nitrogens with one attached hydrogen (secondary N) is 1. The molecule has 0 aromatic heterocycles. The molecule has 1 rings (SSSR count). The van der Waals surface area contributed by atoms with Gasteiger partial charge in [0, 0.05) is 6.42 Å². The summed E-state index contributed by atoms with van der Waals surface area (Å²) < 4.78 is 5.16. The fourth-order valence-electron chi connectivity index (χ4n) is 1.50. The second-order valence-electron chi connectivity index (χ2n) is 3.71. The summed E-state index contributed by atoms with van der Waals surface area (Å²) in [6, 6.07) is 7.44. The lowest BCUT2D eigenvalue weighted by atomic mass is 10.2. The first-order valence-electron chi connectivity index (χ1n) is 5.70. The van der Waals surface area contributed by atoms with Gasteiger partial charge in [-0.15, -0.1) is 0 Å². The normalized spacial score (nSPS) is 9.88. The molecule has 0 aliphatic rings. The Labute approximate surface area is 96.8 Å². The number of carbonyl (C=O) groups excluding carboxylic acids is 1. The number of anilines is 1. The van der Waals surface area contributed by atoms with Crippen molar-refractivity contribution in [3.63, 3.8) is 0 Å². The van der Waals surface area contributed by atoms with Gasteiger partial charge in [-0.25, -0.2) is 0 Å². The van der Waals surface area contributed by atoms with Crippen LogP contribution in [0.25, 0.3) is 0 Å². The summed E-state index contributed by atoms with van der Waals surface area (Å²) >= 11 is 0. The van der Waals surface area contributed by atoms with Crippen LogP contribution >= 0.6 is 0 Å². The summed E-state index contributed by atoms with van der Waals surface area (Å²) in [6.07, 6.45) is 3.74. The minimum Gasteiger partial charge on any atom is -0.495 e.